The van der Waals surface area contributed by atoms with E-state index in [1.807, 2.05) is 60.9 Å². The molecule has 6 nitrogen and oxygen atoms in total. The molecule has 1 fully saturated rings. The van der Waals surface area contributed by atoms with Gasteiger partial charge in [0.2, 0.25) is 5.91 Å². The van der Waals surface area contributed by atoms with E-state index in [1.165, 1.54) is 6.42 Å². The predicted molar refractivity (Wildman–Crippen MR) is 127 cm³/mol. The van der Waals surface area contributed by atoms with Crippen LogP contribution in [-0.2, 0) is 11.3 Å². The summed E-state index contributed by atoms with van der Waals surface area (Å²) < 4.78 is 1.88. The number of benzene rings is 2. The van der Waals surface area contributed by atoms with Gasteiger partial charge in [-0.3, -0.25) is 9.59 Å². The van der Waals surface area contributed by atoms with Crippen molar-refractivity contribution in [3.8, 4) is 0 Å². The van der Waals surface area contributed by atoms with E-state index in [0.717, 1.165) is 53.7 Å². The van der Waals surface area contributed by atoms with E-state index in [4.69, 9.17) is 0 Å². The molecule has 2 amide bonds. The molecule has 0 aliphatic heterocycles. The SMILES string of the molecule is Cc1ccc(NC(=O)c2cn(Cc3ccc(NC(=O)C4CCCCC4)cc3)cn2)c(C)c1. The molecule has 2 aromatic carbocycles. The average Bonchev–Trinajstić information content (AvgIpc) is 3.26. The molecule has 3 aromatic rings. The number of rotatable bonds is 6. The van der Waals surface area contributed by atoms with Crippen LogP contribution in [0.15, 0.2) is 55.0 Å². The normalized spacial score (nSPS) is 14.2. The lowest BCUT2D eigenvalue weighted by molar-refractivity contribution is -0.120. The van der Waals surface area contributed by atoms with Gasteiger partial charge in [0.1, 0.15) is 5.69 Å². The molecule has 166 valence electrons. The summed E-state index contributed by atoms with van der Waals surface area (Å²) >= 11 is 0. The summed E-state index contributed by atoms with van der Waals surface area (Å²) in [6.07, 6.45) is 8.92. The van der Waals surface area contributed by atoms with Crippen LogP contribution >= 0.6 is 0 Å². The van der Waals surface area contributed by atoms with Crippen molar-refractivity contribution in [2.45, 2.75) is 52.5 Å². The maximum absolute atomic E-state index is 12.6. The second-order valence-electron chi connectivity index (χ2n) is 8.72. The van der Waals surface area contributed by atoms with Gasteiger partial charge >= 0.3 is 0 Å². The molecule has 0 spiro atoms. The zero-order chi connectivity index (χ0) is 22.5. The standard InChI is InChI=1S/C26H30N4O2/c1-18-8-13-23(19(2)14-18)29-26(32)24-16-30(17-27-24)15-20-9-11-22(12-10-20)28-25(31)21-6-4-3-5-7-21/h8-14,16-17,21H,3-7,15H2,1-2H3,(H,28,31)(H,29,32). The van der Waals surface area contributed by atoms with Crippen molar-refractivity contribution in [2.24, 2.45) is 5.92 Å². The molecule has 1 saturated carbocycles. The molecule has 6 heteroatoms. The molecule has 0 unspecified atom stereocenters. The van der Waals surface area contributed by atoms with Crippen LogP contribution in [0, 0.1) is 19.8 Å². The van der Waals surface area contributed by atoms with Crippen molar-refractivity contribution < 1.29 is 9.59 Å². The summed E-state index contributed by atoms with van der Waals surface area (Å²) in [4.78, 5) is 29.2. The highest BCUT2D eigenvalue weighted by atomic mass is 16.2. The van der Waals surface area contributed by atoms with Crippen LogP contribution in [0.4, 0.5) is 11.4 Å². The lowest BCUT2D eigenvalue weighted by Crippen LogP contribution is -2.24. The Labute approximate surface area is 189 Å². The molecule has 1 aliphatic rings. The zero-order valence-corrected chi connectivity index (χ0v) is 18.7. The maximum Gasteiger partial charge on any atom is 0.275 e. The quantitative estimate of drug-likeness (QED) is 0.556. The van der Waals surface area contributed by atoms with Crippen LogP contribution in [0.3, 0.4) is 0 Å². The third-order valence-corrected chi connectivity index (χ3v) is 6.06. The van der Waals surface area contributed by atoms with Crippen molar-refractivity contribution in [2.75, 3.05) is 10.6 Å². The largest absolute Gasteiger partial charge is 0.332 e. The third-order valence-electron chi connectivity index (χ3n) is 6.06. The first-order valence-electron chi connectivity index (χ1n) is 11.3. The van der Waals surface area contributed by atoms with E-state index in [9.17, 15) is 9.59 Å². The van der Waals surface area contributed by atoms with Gasteiger partial charge in [-0.2, -0.15) is 0 Å². The first kappa shape index (κ1) is 21.8. The Morgan fingerprint density at radius 2 is 1.75 bits per heavy atom. The van der Waals surface area contributed by atoms with E-state index in [2.05, 4.69) is 15.6 Å². The number of anilines is 2. The number of aromatic nitrogens is 2. The van der Waals surface area contributed by atoms with E-state index < -0.39 is 0 Å². The summed E-state index contributed by atoms with van der Waals surface area (Å²) in [5.41, 5.74) is 5.24. The minimum atomic E-state index is -0.225. The Morgan fingerprint density at radius 1 is 1.00 bits per heavy atom. The van der Waals surface area contributed by atoms with Crippen molar-refractivity contribution >= 4 is 23.2 Å². The molecule has 4 rings (SSSR count). The second kappa shape index (κ2) is 9.81. The summed E-state index contributed by atoms with van der Waals surface area (Å²) in [7, 11) is 0. The Bertz CT molecular complexity index is 1100. The molecule has 32 heavy (non-hydrogen) atoms. The highest BCUT2D eigenvalue weighted by Crippen LogP contribution is 2.25. The molecular weight excluding hydrogens is 400 g/mol. The zero-order valence-electron chi connectivity index (χ0n) is 18.7. The fourth-order valence-corrected chi connectivity index (χ4v) is 4.22. The smallest absolute Gasteiger partial charge is 0.275 e. The van der Waals surface area contributed by atoms with Gasteiger partial charge in [-0.1, -0.05) is 49.1 Å². The number of aryl methyl sites for hydroxylation is 2. The second-order valence-corrected chi connectivity index (χ2v) is 8.72. The topological polar surface area (TPSA) is 76.0 Å². The van der Waals surface area contributed by atoms with E-state index in [-0.39, 0.29) is 17.7 Å². The Morgan fingerprint density at radius 3 is 2.47 bits per heavy atom. The van der Waals surface area contributed by atoms with Crippen LogP contribution in [0.5, 0.6) is 0 Å². The van der Waals surface area contributed by atoms with Gasteiger partial charge in [0, 0.05) is 30.0 Å². The van der Waals surface area contributed by atoms with Gasteiger partial charge in [-0.25, -0.2) is 4.98 Å². The minimum Gasteiger partial charge on any atom is -0.332 e. The third kappa shape index (κ3) is 5.44. The lowest BCUT2D eigenvalue weighted by Gasteiger charge is -2.20. The summed E-state index contributed by atoms with van der Waals surface area (Å²) in [5, 5.41) is 5.97. The number of hydrogen-bond acceptors (Lipinski definition) is 3. The van der Waals surface area contributed by atoms with Crippen molar-refractivity contribution in [3.63, 3.8) is 0 Å². The van der Waals surface area contributed by atoms with Crippen LogP contribution in [-0.4, -0.2) is 21.4 Å². The number of carbonyl (C=O) groups is 2. The molecule has 0 atom stereocenters. The number of carbonyl (C=O) groups excluding carboxylic acids is 2. The van der Waals surface area contributed by atoms with Gasteiger partial charge in [-0.05, 0) is 56.0 Å². The maximum atomic E-state index is 12.6. The Kier molecular flexibility index (Phi) is 6.69. The molecule has 1 heterocycles. The first-order valence-corrected chi connectivity index (χ1v) is 11.3. The summed E-state index contributed by atoms with van der Waals surface area (Å²) in [6.45, 7) is 4.60. The number of hydrogen-bond donors (Lipinski definition) is 2. The highest BCUT2D eigenvalue weighted by molar-refractivity contribution is 6.03. The average molecular weight is 431 g/mol. The van der Waals surface area contributed by atoms with Crippen LogP contribution in [0.1, 0.15) is 59.3 Å². The van der Waals surface area contributed by atoms with Gasteiger partial charge in [-0.15, -0.1) is 0 Å². The van der Waals surface area contributed by atoms with Gasteiger partial charge in [0.05, 0.1) is 6.33 Å². The molecule has 1 aliphatic carbocycles. The molecule has 0 bridgehead atoms. The van der Waals surface area contributed by atoms with Gasteiger partial charge in [0.25, 0.3) is 5.91 Å². The summed E-state index contributed by atoms with van der Waals surface area (Å²) in [6, 6.07) is 13.8. The van der Waals surface area contributed by atoms with E-state index >= 15 is 0 Å². The number of imidazole rings is 1. The molecule has 0 radical (unpaired) electrons. The first-order chi connectivity index (χ1) is 15.5. The lowest BCUT2D eigenvalue weighted by atomic mass is 9.88. The van der Waals surface area contributed by atoms with E-state index in [1.54, 1.807) is 12.5 Å². The van der Waals surface area contributed by atoms with Crippen LogP contribution < -0.4 is 10.6 Å². The van der Waals surface area contributed by atoms with Gasteiger partial charge in [0.15, 0.2) is 0 Å². The van der Waals surface area contributed by atoms with Crippen molar-refractivity contribution in [3.05, 3.63) is 77.4 Å². The number of amides is 2. The number of nitrogens with one attached hydrogen (secondary N) is 2. The molecular formula is C26H30N4O2. The monoisotopic (exact) mass is 430 g/mol. The fourth-order valence-electron chi connectivity index (χ4n) is 4.22. The highest BCUT2D eigenvalue weighted by Gasteiger charge is 2.21. The Balaban J connectivity index is 1.33. The van der Waals surface area contributed by atoms with Gasteiger partial charge < -0.3 is 15.2 Å². The Hall–Kier alpha value is -3.41. The minimum absolute atomic E-state index is 0.131. The van der Waals surface area contributed by atoms with Crippen molar-refractivity contribution in [1.82, 2.24) is 9.55 Å². The fraction of sp³-hybridized carbons (Fsp3) is 0.346. The van der Waals surface area contributed by atoms with E-state index in [0.29, 0.717) is 12.2 Å². The number of nitrogens with zero attached hydrogens (tertiary/aromatic N) is 2. The molecule has 0 saturated heterocycles. The predicted octanol–water partition coefficient (Wildman–Crippen LogP) is 5.32. The molecule has 1 aromatic heterocycles. The van der Waals surface area contributed by atoms with Crippen LogP contribution in [0.25, 0.3) is 0 Å². The molecule has 2 N–H and O–H groups in total. The van der Waals surface area contributed by atoms with Crippen molar-refractivity contribution in [1.29, 1.82) is 0 Å². The van der Waals surface area contributed by atoms with Crippen LogP contribution in [0.2, 0.25) is 0 Å². The summed E-state index contributed by atoms with van der Waals surface area (Å²) in [5.74, 6) is 0.0469.